The number of hydrogen-bond acceptors (Lipinski definition) is 6. The van der Waals surface area contributed by atoms with E-state index in [0.717, 1.165) is 31.2 Å². The van der Waals surface area contributed by atoms with E-state index in [2.05, 4.69) is 0 Å². The van der Waals surface area contributed by atoms with Crippen molar-refractivity contribution in [1.29, 1.82) is 0 Å². The van der Waals surface area contributed by atoms with E-state index in [-0.39, 0.29) is 36.1 Å². The molecule has 1 amide bonds. The Balaban J connectivity index is 1.60. The van der Waals surface area contributed by atoms with E-state index in [1.54, 1.807) is 30.2 Å². The van der Waals surface area contributed by atoms with Crippen LogP contribution in [-0.4, -0.2) is 62.5 Å². The fourth-order valence-electron chi connectivity index (χ4n) is 4.10. The first-order valence-corrected chi connectivity index (χ1v) is 11.7. The van der Waals surface area contributed by atoms with Crippen LogP contribution in [0.1, 0.15) is 37.7 Å². The normalized spacial score (nSPS) is 21.3. The number of esters is 1. The summed E-state index contributed by atoms with van der Waals surface area (Å²) in [5.41, 5.74) is 0.724. The van der Waals surface area contributed by atoms with Crippen molar-refractivity contribution in [2.45, 2.75) is 44.2 Å². The van der Waals surface area contributed by atoms with Crippen molar-refractivity contribution in [3.05, 3.63) is 35.9 Å². The summed E-state index contributed by atoms with van der Waals surface area (Å²) in [6.45, 7) is -0.387. The third-order valence-corrected chi connectivity index (χ3v) is 7.23. The second kappa shape index (κ2) is 9.43. The van der Waals surface area contributed by atoms with Crippen LogP contribution in [0.5, 0.6) is 5.75 Å². The molecule has 1 aromatic carbocycles. The minimum atomic E-state index is -3.11. The molecule has 0 spiro atoms. The lowest BCUT2D eigenvalue weighted by molar-refractivity contribution is -0.150. The van der Waals surface area contributed by atoms with E-state index in [0.29, 0.717) is 12.2 Å². The van der Waals surface area contributed by atoms with Crippen LogP contribution in [-0.2, 0) is 24.2 Å². The Hall–Kier alpha value is -2.35. The van der Waals surface area contributed by atoms with Crippen LogP contribution in [0.2, 0.25) is 0 Å². The zero-order valence-electron chi connectivity index (χ0n) is 16.6. The van der Waals surface area contributed by atoms with E-state index in [1.807, 2.05) is 12.1 Å². The summed E-state index contributed by atoms with van der Waals surface area (Å²) in [5.74, 6) is -0.220. The molecule has 2 aliphatic rings. The summed E-state index contributed by atoms with van der Waals surface area (Å²) in [6.07, 6.45) is 7.06. The summed E-state index contributed by atoms with van der Waals surface area (Å²) in [7, 11) is -1.56. The Bertz CT molecular complexity index is 873. The number of nitrogens with zero attached hydrogens (tertiary/aromatic N) is 1. The average molecular weight is 422 g/mol. The Morgan fingerprint density at radius 3 is 2.52 bits per heavy atom. The minimum absolute atomic E-state index is 0.00308. The van der Waals surface area contributed by atoms with E-state index >= 15 is 0 Å². The molecule has 1 saturated heterocycles. The number of carbonyl (C=O) groups excluding carboxylic acids is 2. The molecule has 8 heteroatoms. The van der Waals surface area contributed by atoms with Crippen LogP contribution in [0.3, 0.4) is 0 Å². The van der Waals surface area contributed by atoms with Crippen LogP contribution in [0, 0.1) is 0 Å². The van der Waals surface area contributed by atoms with Crippen molar-refractivity contribution in [2.24, 2.45) is 0 Å². The van der Waals surface area contributed by atoms with E-state index < -0.39 is 15.8 Å². The highest BCUT2D eigenvalue weighted by Gasteiger charge is 2.39. The third kappa shape index (κ3) is 5.59. The lowest BCUT2D eigenvalue weighted by Crippen LogP contribution is -2.48. The summed E-state index contributed by atoms with van der Waals surface area (Å²) in [4.78, 5) is 26.6. The summed E-state index contributed by atoms with van der Waals surface area (Å²) in [5, 5.41) is 0. The Kier molecular flexibility index (Phi) is 6.95. The summed E-state index contributed by atoms with van der Waals surface area (Å²) >= 11 is 0. The number of sulfone groups is 1. The largest absolute Gasteiger partial charge is 0.496 e. The second-order valence-corrected chi connectivity index (χ2v) is 9.71. The number of methoxy groups -OCH3 is 1. The maximum absolute atomic E-state index is 12.8. The fourth-order valence-corrected chi connectivity index (χ4v) is 5.81. The van der Waals surface area contributed by atoms with Gasteiger partial charge in [-0.1, -0.05) is 31.0 Å². The van der Waals surface area contributed by atoms with Gasteiger partial charge in [0.1, 0.15) is 5.75 Å². The number of benzene rings is 1. The molecule has 0 bridgehead atoms. The van der Waals surface area contributed by atoms with E-state index in [9.17, 15) is 18.0 Å². The highest BCUT2D eigenvalue weighted by atomic mass is 32.2. The van der Waals surface area contributed by atoms with Crippen LogP contribution < -0.4 is 4.74 Å². The van der Waals surface area contributed by atoms with Gasteiger partial charge in [0.2, 0.25) is 0 Å². The molecule has 1 saturated carbocycles. The van der Waals surface area contributed by atoms with Gasteiger partial charge in [-0.15, -0.1) is 0 Å². The molecule has 1 aliphatic carbocycles. The van der Waals surface area contributed by atoms with Crippen LogP contribution in [0.25, 0.3) is 6.08 Å². The maximum atomic E-state index is 12.8. The standard InChI is InChI=1S/C21H27NO6S/c1-27-19-9-5-2-6-16(19)10-11-21(24)28-14-20(23)22(17-7-3-4-8-17)18-12-13-29(25,26)15-18/h2,5-6,9-11,17-18H,3-4,7-8,12-15H2,1H3/b11-10+. The van der Waals surface area contributed by atoms with Gasteiger partial charge in [-0.25, -0.2) is 13.2 Å². The number of carbonyl (C=O) groups is 2. The van der Waals surface area contributed by atoms with Crippen LogP contribution in [0.15, 0.2) is 30.3 Å². The molecule has 7 nitrogen and oxygen atoms in total. The van der Waals surface area contributed by atoms with Crippen molar-refractivity contribution in [2.75, 3.05) is 25.2 Å². The molecule has 1 unspecified atom stereocenters. The molecule has 0 aromatic heterocycles. The van der Waals surface area contributed by atoms with Crippen LogP contribution in [0.4, 0.5) is 0 Å². The van der Waals surface area contributed by atoms with Gasteiger partial charge < -0.3 is 14.4 Å². The summed E-state index contributed by atoms with van der Waals surface area (Å²) < 4.78 is 34.1. The van der Waals surface area contributed by atoms with Gasteiger partial charge in [0, 0.05) is 23.7 Å². The molecule has 1 aliphatic heterocycles. The molecular formula is C21H27NO6S. The van der Waals surface area contributed by atoms with Crippen LogP contribution >= 0.6 is 0 Å². The lowest BCUT2D eigenvalue weighted by Gasteiger charge is -2.33. The van der Waals surface area contributed by atoms with Gasteiger partial charge in [-0.2, -0.15) is 0 Å². The van der Waals surface area contributed by atoms with E-state index in [4.69, 9.17) is 9.47 Å². The Labute approximate surface area is 171 Å². The van der Waals surface area contributed by atoms with Crippen molar-refractivity contribution < 1.29 is 27.5 Å². The quantitative estimate of drug-likeness (QED) is 0.495. The average Bonchev–Trinajstić information content (AvgIpc) is 3.35. The molecular weight excluding hydrogens is 394 g/mol. The van der Waals surface area contributed by atoms with E-state index in [1.165, 1.54) is 6.08 Å². The van der Waals surface area contributed by atoms with Crippen molar-refractivity contribution >= 4 is 27.8 Å². The fraction of sp³-hybridized carbons (Fsp3) is 0.524. The smallest absolute Gasteiger partial charge is 0.331 e. The van der Waals surface area contributed by atoms with Crippen molar-refractivity contribution in [1.82, 2.24) is 4.90 Å². The first kappa shape index (κ1) is 21.4. The van der Waals surface area contributed by atoms with Gasteiger partial charge in [-0.3, -0.25) is 4.79 Å². The Morgan fingerprint density at radius 2 is 1.86 bits per heavy atom. The first-order chi connectivity index (χ1) is 13.9. The molecule has 1 aromatic rings. The highest BCUT2D eigenvalue weighted by Crippen LogP contribution is 2.29. The number of rotatable bonds is 7. The first-order valence-electron chi connectivity index (χ1n) is 9.89. The number of para-hydroxylation sites is 1. The monoisotopic (exact) mass is 421 g/mol. The number of amides is 1. The predicted octanol–water partition coefficient (Wildman–Crippen LogP) is 2.21. The zero-order valence-corrected chi connectivity index (χ0v) is 17.4. The number of hydrogen-bond donors (Lipinski definition) is 0. The van der Waals surface area contributed by atoms with Gasteiger partial charge in [0.25, 0.3) is 5.91 Å². The van der Waals surface area contributed by atoms with Gasteiger partial charge >= 0.3 is 5.97 Å². The molecule has 1 atom stereocenters. The third-order valence-electron chi connectivity index (χ3n) is 5.48. The van der Waals surface area contributed by atoms with Gasteiger partial charge in [-0.05, 0) is 31.4 Å². The molecule has 2 fully saturated rings. The lowest BCUT2D eigenvalue weighted by atomic mass is 10.1. The van der Waals surface area contributed by atoms with Gasteiger partial charge in [0.05, 0.1) is 18.6 Å². The molecule has 1 heterocycles. The highest BCUT2D eigenvalue weighted by molar-refractivity contribution is 7.91. The molecule has 3 rings (SSSR count). The molecule has 29 heavy (non-hydrogen) atoms. The topological polar surface area (TPSA) is 90.0 Å². The van der Waals surface area contributed by atoms with Gasteiger partial charge in [0.15, 0.2) is 16.4 Å². The summed E-state index contributed by atoms with van der Waals surface area (Å²) in [6, 6.07) is 6.95. The molecule has 0 N–H and O–H groups in total. The van der Waals surface area contributed by atoms with Crippen molar-refractivity contribution in [3.8, 4) is 5.75 Å². The number of ether oxygens (including phenoxy) is 2. The predicted molar refractivity (Wildman–Crippen MR) is 109 cm³/mol. The minimum Gasteiger partial charge on any atom is -0.496 e. The Morgan fingerprint density at radius 1 is 1.14 bits per heavy atom. The SMILES string of the molecule is COc1ccccc1/C=C/C(=O)OCC(=O)N(C1CCCC1)C1CCS(=O)(=O)C1. The molecule has 158 valence electrons. The second-order valence-electron chi connectivity index (χ2n) is 7.48. The maximum Gasteiger partial charge on any atom is 0.331 e. The molecule has 0 radical (unpaired) electrons. The van der Waals surface area contributed by atoms with Crippen molar-refractivity contribution in [3.63, 3.8) is 0 Å². The zero-order chi connectivity index (χ0) is 20.9.